The largest absolute Gasteiger partial charge is 0.325 e. The fraction of sp³-hybridized carbons (Fsp3) is 0.250. The second kappa shape index (κ2) is 4.44. The second-order valence-corrected chi connectivity index (χ2v) is 3.29. The van der Waals surface area contributed by atoms with Crippen LogP contribution in [0, 0.1) is 11.3 Å². The zero-order chi connectivity index (χ0) is 10.7. The molecule has 0 atom stereocenters. The number of hydrogen-bond acceptors (Lipinski definition) is 3. The fourth-order valence-corrected chi connectivity index (χ4v) is 1.49. The lowest BCUT2D eigenvalue weighted by atomic mass is 10.1. The molecule has 0 saturated carbocycles. The van der Waals surface area contributed by atoms with Gasteiger partial charge in [0.1, 0.15) is 10.7 Å². The van der Waals surface area contributed by atoms with Crippen molar-refractivity contribution in [1.29, 1.82) is 5.26 Å². The van der Waals surface area contributed by atoms with Crippen LogP contribution in [0.25, 0.3) is 0 Å². The first-order chi connectivity index (χ1) is 6.60. The number of halogens is 3. The molecule has 0 radical (unpaired) electrons. The van der Waals surface area contributed by atoms with E-state index in [9.17, 15) is 8.78 Å². The van der Waals surface area contributed by atoms with Gasteiger partial charge in [0.25, 0.3) is 6.43 Å². The third-order valence-electron chi connectivity index (χ3n) is 1.63. The number of pyridine rings is 1. The molecule has 1 aromatic heterocycles. The Hall–Kier alpha value is -1.06. The molecule has 3 nitrogen and oxygen atoms in total. The minimum absolute atomic E-state index is 0.0396. The van der Waals surface area contributed by atoms with Gasteiger partial charge in [0.2, 0.25) is 0 Å². The quantitative estimate of drug-likeness (QED) is 0.830. The van der Waals surface area contributed by atoms with E-state index < -0.39 is 6.43 Å². The van der Waals surface area contributed by atoms with E-state index in [2.05, 4.69) is 20.9 Å². The van der Waals surface area contributed by atoms with Gasteiger partial charge >= 0.3 is 0 Å². The lowest BCUT2D eigenvalue weighted by Crippen LogP contribution is -2.06. The summed E-state index contributed by atoms with van der Waals surface area (Å²) < 4.78 is 25.2. The zero-order valence-corrected chi connectivity index (χ0v) is 8.55. The molecule has 0 bridgehead atoms. The third kappa shape index (κ3) is 2.05. The zero-order valence-electron chi connectivity index (χ0n) is 6.97. The van der Waals surface area contributed by atoms with E-state index in [1.165, 1.54) is 0 Å². The van der Waals surface area contributed by atoms with Crippen LogP contribution in [0.5, 0.6) is 0 Å². The lowest BCUT2D eigenvalue weighted by molar-refractivity contribution is 0.150. The topological polar surface area (TPSA) is 62.7 Å². The first kappa shape index (κ1) is 11.0. The summed E-state index contributed by atoms with van der Waals surface area (Å²) in [5.74, 6) is 0. The van der Waals surface area contributed by atoms with Crippen molar-refractivity contribution in [3.05, 3.63) is 27.5 Å². The predicted octanol–water partition coefficient (Wildman–Crippen LogP) is 2.11. The van der Waals surface area contributed by atoms with Crippen LogP contribution in [0.2, 0.25) is 0 Å². The number of aromatic nitrogens is 1. The maximum atomic E-state index is 12.5. The Balaban J connectivity index is 3.41. The van der Waals surface area contributed by atoms with Crippen LogP contribution in [0.3, 0.4) is 0 Å². The smallest absolute Gasteiger partial charge is 0.265 e. The van der Waals surface area contributed by atoms with Gasteiger partial charge in [-0.2, -0.15) is 5.26 Å². The number of rotatable bonds is 2. The highest BCUT2D eigenvalue weighted by Gasteiger charge is 2.17. The molecule has 2 N–H and O–H groups in total. The Labute approximate surface area is 87.7 Å². The molecular weight excluding hydrogens is 256 g/mol. The van der Waals surface area contributed by atoms with Gasteiger partial charge in [0.15, 0.2) is 0 Å². The number of nitrogens with two attached hydrogens (primary N) is 1. The summed E-state index contributed by atoms with van der Waals surface area (Å²) in [7, 11) is 0. The van der Waals surface area contributed by atoms with Gasteiger partial charge in [-0.25, -0.2) is 13.8 Å². The summed E-state index contributed by atoms with van der Waals surface area (Å²) in [5, 5.41) is 8.68. The molecule has 1 heterocycles. The molecule has 0 aliphatic heterocycles. The molecule has 0 unspecified atom stereocenters. The van der Waals surface area contributed by atoms with E-state index in [0.717, 1.165) is 6.07 Å². The number of alkyl halides is 2. The highest BCUT2D eigenvalue weighted by atomic mass is 79.9. The van der Waals surface area contributed by atoms with Gasteiger partial charge < -0.3 is 5.73 Å². The fourth-order valence-electron chi connectivity index (χ4n) is 1.03. The molecule has 0 aliphatic carbocycles. The average Bonchev–Trinajstić information content (AvgIpc) is 2.16. The lowest BCUT2D eigenvalue weighted by Gasteiger charge is -2.07. The maximum Gasteiger partial charge on any atom is 0.265 e. The molecule has 0 fully saturated rings. The Bertz CT molecular complexity index is 387. The van der Waals surface area contributed by atoms with Crippen molar-refractivity contribution in [3.8, 4) is 6.07 Å². The van der Waals surface area contributed by atoms with Crippen LogP contribution in [0.15, 0.2) is 10.7 Å². The van der Waals surface area contributed by atoms with E-state index in [1.54, 1.807) is 6.07 Å². The maximum absolute atomic E-state index is 12.5. The average molecular weight is 262 g/mol. The van der Waals surface area contributed by atoms with E-state index in [4.69, 9.17) is 11.0 Å². The second-order valence-electron chi connectivity index (χ2n) is 2.47. The molecular formula is C8H6BrF2N3. The minimum atomic E-state index is -2.70. The first-order valence-corrected chi connectivity index (χ1v) is 4.47. The number of nitrogens with zero attached hydrogens (tertiary/aromatic N) is 2. The molecule has 0 aromatic carbocycles. The molecule has 0 aliphatic rings. The number of nitriles is 1. The van der Waals surface area contributed by atoms with Gasteiger partial charge in [-0.3, -0.25) is 0 Å². The molecule has 14 heavy (non-hydrogen) atoms. The third-order valence-corrected chi connectivity index (χ3v) is 2.04. The van der Waals surface area contributed by atoms with Crippen molar-refractivity contribution in [1.82, 2.24) is 4.98 Å². The van der Waals surface area contributed by atoms with Crippen LogP contribution in [-0.2, 0) is 6.54 Å². The van der Waals surface area contributed by atoms with Crippen molar-refractivity contribution in [3.63, 3.8) is 0 Å². The van der Waals surface area contributed by atoms with Crippen LogP contribution >= 0.6 is 15.9 Å². The highest BCUT2D eigenvalue weighted by Crippen LogP contribution is 2.26. The summed E-state index contributed by atoms with van der Waals surface area (Å²) in [6.07, 6.45) is -2.70. The monoisotopic (exact) mass is 261 g/mol. The molecule has 6 heteroatoms. The standard InChI is InChI=1S/C8H6BrF2N3/c9-7-1-4(8(10)11)5(2-12)6(3-13)14-7/h1,8H,3,13H2. The van der Waals surface area contributed by atoms with Crippen molar-refractivity contribution >= 4 is 15.9 Å². The summed E-state index contributed by atoms with van der Waals surface area (Å²) in [5.41, 5.74) is 4.99. The summed E-state index contributed by atoms with van der Waals surface area (Å²) in [4.78, 5) is 3.84. The van der Waals surface area contributed by atoms with Crippen molar-refractivity contribution in [2.24, 2.45) is 5.73 Å². The van der Waals surface area contributed by atoms with E-state index in [-0.39, 0.29) is 28.0 Å². The van der Waals surface area contributed by atoms with E-state index >= 15 is 0 Å². The van der Waals surface area contributed by atoms with Crippen molar-refractivity contribution < 1.29 is 8.78 Å². The Kier molecular flexibility index (Phi) is 3.49. The SMILES string of the molecule is N#Cc1c(C(F)F)cc(Br)nc1CN. The van der Waals surface area contributed by atoms with Crippen molar-refractivity contribution in [2.45, 2.75) is 13.0 Å². The van der Waals surface area contributed by atoms with Gasteiger partial charge in [0.05, 0.1) is 11.3 Å². The Morgan fingerprint density at radius 1 is 1.64 bits per heavy atom. The minimum Gasteiger partial charge on any atom is -0.325 e. The first-order valence-electron chi connectivity index (χ1n) is 3.67. The van der Waals surface area contributed by atoms with Gasteiger partial charge in [-0.15, -0.1) is 0 Å². The van der Waals surface area contributed by atoms with Gasteiger partial charge in [-0.05, 0) is 22.0 Å². The summed E-state index contributed by atoms with van der Waals surface area (Å²) >= 11 is 2.98. The Morgan fingerprint density at radius 3 is 2.71 bits per heavy atom. The van der Waals surface area contributed by atoms with Gasteiger partial charge in [0, 0.05) is 12.1 Å². The van der Waals surface area contributed by atoms with Crippen LogP contribution in [-0.4, -0.2) is 4.98 Å². The summed E-state index contributed by atoms with van der Waals surface area (Å²) in [6.45, 7) is -0.0396. The highest BCUT2D eigenvalue weighted by molar-refractivity contribution is 9.10. The van der Waals surface area contributed by atoms with Gasteiger partial charge in [-0.1, -0.05) is 0 Å². The van der Waals surface area contributed by atoms with E-state index in [0.29, 0.717) is 0 Å². The normalized spacial score (nSPS) is 10.3. The van der Waals surface area contributed by atoms with Crippen LogP contribution < -0.4 is 5.73 Å². The molecule has 0 spiro atoms. The van der Waals surface area contributed by atoms with E-state index in [1.807, 2.05) is 0 Å². The van der Waals surface area contributed by atoms with Crippen LogP contribution in [0.4, 0.5) is 8.78 Å². The predicted molar refractivity (Wildman–Crippen MR) is 49.5 cm³/mol. The molecule has 0 amide bonds. The number of hydrogen-bond donors (Lipinski definition) is 1. The molecule has 1 rings (SSSR count). The summed E-state index contributed by atoms with van der Waals surface area (Å²) in [6, 6.07) is 2.81. The van der Waals surface area contributed by atoms with Crippen molar-refractivity contribution in [2.75, 3.05) is 0 Å². The molecule has 0 saturated heterocycles. The Morgan fingerprint density at radius 2 is 2.29 bits per heavy atom. The molecule has 74 valence electrons. The van der Waals surface area contributed by atoms with Crippen LogP contribution in [0.1, 0.15) is 23.2 Å². The molecule has 1 aromatic rings.